The zero-order chi connectivity index (χ0) is 22.4. The van der Waals surface area contributed by atoms with E-state index < -0.39 is 0 Å². The van der Waals surface area contributed by atoms with Crippen LogP contribution >= 0.6 is 23.1 Å². The molecule has 0 spiro atoms. The average Bonchev–Trinajstić information content (AvgIpc) is 3.34. The van der Waals surface area contributed by atoms with Crippen LogP contribution in [0.25, 0.3) is 5.69 Å². The molecule has 3 rings (SSSR count). The summed E-state index contributed by atoms with van der Waals surface area (Å²) in [4.78, 5) is 28.6. The number of esters is 1. The van der Waals surface area contributed by atoms with E-state index in [-0.39, 0.29) is 29.5 Å². The Bertz CT molecular complexity index is 1040. The van der Waals surface area contributed by atoms with Crippen LogP contribution in [0.4, 0.5) is 5.82 Å². The fourth-order valence-corrected chi connectivity index (χ4v) is 4.35. The maximum Gasteiger partial charge on any atom is 0.311 e. The predicted octanol–water partition coefficient (Wildman–Crippen LogP) is 4.46. The van der Waals surface area contributed by atoms with Crippen molar-refractivity contribution in [1.82, 2.24) is 14.8 Å². The van der Waals surface area contributed by atoms with Gasteiger partial charge in [0.05, 0.1) is 35.9 Å². The van der Waals surface area contributed by atoms with Crippen molar-refractivity contribution in [2.75, 3.05) is 17.7 Å². The van der Waals surface area contributed by atoms with E-state index in [1.54, 1.807) is 11.6 Å². The number of anilines is 1. The number of rotatable bonds is 8. The van der Waals surface area contributed by atoms with Crippen LogP contribution in [0.5, 0.6) is 0 Å². The Morgan fingerprint density at radius 3 is 2.65 bits per heavy atom. The summed E-state index contributed by atoms with van der Waals surface area (Å²) in [6, 6.07) is 11.6. The number of carbonyl (C=O) groups is 2. The molecule has 0 saturated carbocycles. The van der Waals surface area contributed by atoms with Crippen molar-refractivity contribution < 1.29 is 14.3 Å². The van der Waals surface area contributed by atoms with Gasteiger partial charge in [-0.2, -0.15) is 5.10 Å². The number of para-hydroxylation sites is 1. The van der Waals surface area contributed by atoms with Gasteiger partial charge in [-0.3, -0.25) is 9.59 Å². The topological polar surface area (TPSA) is 86.1 Å². The molecule has 0 aliphatic rings. The van der Waals surface area contributed by atoms with Crippen molar-refractivity contribution in [3.8, 4) is 5.69 Å². The number of nitrogens with zero attached hydrogens (tertiary/aromatic N) is 3. The molecule has 31 heavy (non-hydrogen) atoms. The summed E-state index contributed by atoms with van der Waals surface area (Å²) in [5.74, 6) is 0.386. The van der Waals surface area contributed by atoms with Crippen LogP contribution in [0.15, 0.2) is 46.1 Å². The zero-order valence-electron chi connectivity index (χ0n) is 18.0. The van der Waals surface area contributed by atoms with E-state index in [9.17, 15) is 9.59 Å². The van der Waals surface area contributed by atoms with E-state index in [4.69, 9.17) is 9.84 Å². The molecular formula is C22H26N4O3S2. The van der Waals surface area contributed by atoms with Crippen molar-refractivity contribution in [3.05, 3.63) is 53.2 Å². The molecule has 0 atom stereocenters. The van der Waals surface area contributed by atoms with Gasteiger partial charge in [-0.05, 0) is 19.1 Å². The first-order chi connectivity index (χ1) is 14.8. The quantitative estimate of drug-likeness (QED) is 0.396. The lowest BCUT2D eigenvalue weighted by molar-refractivity contribution is -0.142. The van der Waals surface area contributed by atoms with E-state index in [0.29, 0.717) is 18.1 Å². The molecule has 0 unspecified atom stereocenters. The van der Waals surface area contributed by atoms with Crippen molar-refractivity contribution in [2.24, 2.45) is 0 Å². The third-order valence-electron chi connectivity index (χ3n) is 4.23. The van der Waals surface area contributed by atoms with Crippen molar-refractivity contribution in [2.45, 2.75) is 43.9 Å². The number of benzene rings is 1. The number of amides is 1. The second kappa shape index (κ2) is 10.1. The van der Waals surface area contributed by atoms with Gasteiger partial charge in [0.25, 0.3) is 0 Å². The third-order valence-corrected chi connectivity index (χ3v) is 6.30. The molecule has 0 aliphatic heterocycles. The van der Waals surface area contributed by atoms with Crippen LogP contribution in [0.3, 0.4) is 0 Å². The summed E-state index contributed by atoms with van der Waals surface area (Å²) in [6.07, 6.45) is 0.142. The lowest BCUT2D eigenvalue weighted by atomic mass is 9.92. The first-order valence-corrected chi connectivity index (χ1v) is 11.8. The molecule has 7 nitrogen and oxygen atoms in total. The van der Waals surface area contributed by atoms with E-state index in [2.05, 4.69) is 31.1 Å². The minimum Gasteiger partial charge on any atom is -0.466 e. The van der Waals surface area contributed by atoms with Gasteiger partial charge in [0, 0.05) is 16.9 Å². The number of aromatic nitrogens is 3. The second-order valence-corrected chi connectivity index (χ2v) is 9.92. The normalized spacial score (nSPS) is 11.4. The molecule has 1 aromatic carbocycles. The fourth-order valence-electron chi connectivity index (χ4n) is 2.70. The molecule has 0 saturated heterocycles. The van der Waals surface area contributed by atoms with Gasteiger partial charge in [0.15, 0.2) is 4.34 Å². The Morgan fingerprint density at radius 2 is 1.97 bits per heavy atom. The number of thiazole rings is 1. The molecular weight excluding hydrogens is 432 g/mol. The number of hydrogen-bond donors (Lipinski definition) is 1. The van der Waals surface area contributed by atoms with Crippen LogP contribution in [-0.2, 0) is 26.2 Å². The summed E-state index contributed by atoms with van der Waals surface area (Å²) >= 11 is 2.75. The van der Waals surface area contributed by atoms with Crippen molar-refractivity contribution in [3.63, 3.8) is 0 Å². The summed E-state index contributed by atoms with van der Waals surface area (Å²) in [7, 11) is 0. The third kappa shape index (κ3) is 6.41. The van der Waals surface area contributed by atoms with Gasteiger partial charge in [0.1, 0.15) is 5.82 Å². The molecule has 0 bridgehead atoms. The molecule has 1 N–H and O–H groups in total. The Labute approximate surface area is 190 Å². The van der Waals surface area contributed by atoms with Crippen LogP contribution in [-0.4, -0.2) is 39.0 Å². The molecule has 0 radical (unpaired) electrons. The first-order valence-electron chi connectivity index (χ1n) is 9.95. The monoisotopic (exact) mass is 458 g/mol. The van der Waals surface area contributed by atoms with Gasteiger partial charge in [-0.15, -0.1) is 11.3 Å². The second-order valence-electron chi connectivity index (χ2n) is 7.84. The molecule has 3 aromatic rings. The molecule has 2 aromatic heterocycles. The lowest BCUT2D eigenvalue weighted by Gasteiger charge is -2.14. The molecule has 1 amide bonds. The highest BCUT2D eigenvalue weighted by Gasteiger charge is 2.21. The van der Waals surface area contributed by atoms with Gasteiger partial charge < -0.3 is 10.1 Å². The number of ether oxygens (including phenoxy) is 1. The molecule has 9 heteroatoms. The molecule has 0 aliphatic carbocycles. The predicted molar refractivity (Wildman–Crippen MR) is 124 cm³/mol. The maximum absolute atomic E-state index is 12.6. The lowest BCUT2D eigenvalue weighted by Crippen LogP contribution is -2.17. The summed E-state index contributed by atoms with van der Waals surface area (Å²) < 4.78 is 7.43. The van der Waals surface area contributed by atoms with Gasteiger partial charge in [0.2, 0.25) is 5.91 Å². The standard InChI is InChI=1S/C22H26N4O3S2/c1-5-29-20(28)11-15-13-30-21(23-15)31-14-19(27)24-18-12-17(22(2,3)4)25-26(18)16-9-7-6-8-10-16/h6-10,12-13H,5,11,14H2,1-4H3,(H,24,27). The van der Waals surface area contributed by atoms with Crippen LogP contribution in [0, 0.1) is 0 Å². The highest BCUT2D eigenvalue weighted by molar-refractivity contribution is 8.01. The fraction of sp³-hybridized carbons (Fsp3) is 0.364. The summed E-state index contributed by atoms with van der Waals surface area (Å²) in [5.41, 5.74) is 2.28. The minimum atomic E-state index is -0.300. The molecule has 164 valence electrons. The highest BCUT2D eigenvalue weighted by Crippen LogP contribution is 2.27. The van der Waals surface area contributed by atoms with E-state index in [0.717, 1.165) is 15.7 Å². The first kappa shape index (κ1) is 23.0. The Hall–Kier alpha value is -2.65. The Morgan fingerprint density at radius 1 is 1.23 bits per heavy atom. The van der Waals surface area contributed by atoms with E-state index >= 15 is 0 Å². The smallest absolute Gasteiger partial charge is 0.311 e. The van der Waals surface area contributed by atoms with Gasteiger partial charge >= 0.3 is 5.97 Å². The zero-order valence-corrected chi connectivity index (χ0v) is 19.7. The highest BCUT2D eigenvalue weighted by atomic mass is 32.2. The Balaban J connectivity index is 1.66. The largest absolute Gasteiger partial charge is 0.466 e. The molecule has 0 fully saturated rings. The number of nitrogens with one attached hydrogen (secondary N) is 1. The number of carbonyl (C=O) groups excluding carboxylic acids is 2. The van der Waals surface area contributed by atoms with Crippen LogP contribution in [0.2, 0.25) is 0 Å². The number of thioether (sulfide) groups is 1. The van der Waals surface area contributed by atoms with Crippen molar-refractivity contribution in [1.29, 1.82) is 0 Å². The number of hydrogen-bond acceptors (Lipinski definition) is 7. The minimum absolute atomic E-state index is 0.142. The van der Waals surface area contributed by atoms with Crippen molar-refractivity contribution >= 4 is 40.8 Å². The van der Waals surface area contributed by atoms with E-state index in [1.165, 1.54) is 23.1 Å². The average molecular weight is 459 g/mol. The maximum atomic E-state index is 12.6. The van der Waals surface area contributed by atoms with Crippen LogP contribution < -0.4 is 5.32 Å². The summed E-state index contributed by atoms with van der Waals surface area (Å²) in [6.45, 7) is 8.38. The van der Waals surface area contributed by atoms with Crippen LogP contribution in [0.1, 0.15) is 39.1 Å². The van der Waals surface area contributed by atoms with Gasteiger partial charge in [-0.25, -0.2) is 9.67 Å². The Kier molecular flexibility index (Phi) is 7.50. The van der Waals surface area contributed by atoms with Gasteiger partial charge in [-0.1, -0.05) is 50.7 Å². The van der Waals surface area contributed by atoms with E-state index in [1.807, 2.05) is 41.8 Å². The summed E-state index contributed by atoms with van der Waals surface area (Å²) in [5, 5.41) is 9.50. The molecule has 2 heterocycles. The SMILES string of the molecule is CCOC(=O)Cc1csc(SCC(=O)Nc2cc(C(C)(C)C)nn2-c2ccccc2)n1.